The number of aromatic amines is 1. The van der Waals surface area contributed by atoms with Crippen LogP contribution in [-0.4, -0.2) is 25.7 Å². The number of hydrogen-bond donors (Lipinski definition) is 2. The molecule has 0 amide bonds. The minimum atomic E-state index is 0.0171. The summed E-state index contributed by atoms with van der Waals surface area (Å²) in [5.74, 6) is 0.854. The van der Waals surface area contributed by atoms with E-state index in [4.69, 9.17) is 11.6 Å². The molecule has 2 N–H and O–H groups in total. The predicted molar refractivity (Wildman–Crippen MR) is 91.7 cm³/mol. The Morgan fingerprint density at radius 3 is 2.91 bits per heavy atom. The van der Waals surface area contributed by atoms with Crippen LogP contribution >= 0.6 is 11.6 Å². The molecule has 1 aromatic carbocycles. The van der Waals surface area contributed by atoms with Crippen LogP contribution in [0.4, 0.5) is 5.82 Å². The molecule has 6 heteroatoms. The van der Waals surface area contributed by atoms with E-state index in [0.717, 1.165) is 41.1 Å². The van der Waals surface area contributed by atoms with Crippen LogP contribution in [0.5, 0.6) is 0 Å². The summed E-state index contributed by atoms with van der Waals surface area (Å²) in [5, 5.41) is 12.4. The van der Waals surface area contributed by atoms with E-state index < -0.39 is 0 Å². The smallest absolute Gasteiger partial charge is 0.160 e. The molecule has 0 saturated heterocycles. The van der Waals surface area contributed by atoms with Crippen molar-refractivity contribution in [3.8, 4) is 0 Å². The number of H-pyrrole nitrogens is 1. The first-order chi connectivity index (χ1) is 11.2. The number of nitrogens with zero attached hydrogens (tertiary/aromatic N) is 3. The van der Waals surface area contributed by atoms with Crippen LogP contribution in [0.3, 0.4) is 0 Å². The molecule has 0 spiro atoms. The van der Waals surface area contributed by atoms with E-state index >= 15 is 0 Å². The molecule has 1 fully saturated rings. The average Bonchev–Trinajstić information content (AvgIpc) is 3.17. The van der Waals surface area contributed by atoms with Crippen LogP contribution in [0, 0.1) is 0 Å². The Kier molecular flexibility index (Phi) is 3.65. The molecular weight excluding hydrogens is 310 g/mol. The van der Waals surface area contributed by atoms with E-state index in [9.17, 15) is 0 Å². The summed E-state index contributed by atoms with van der Waals surface area (Å²) in [6.07, 6.45) is 9.01. The zero-order chi connectivity index (χ0) is 15.7. The van der Waals surface area contributed by atoms with E-state index in [1.54, 1.807) is 12.5 Å². The molecule has 1 aliphatic carbocycles. The van der Waals surface area contributed by atoms with Crippen molar-refractivity contribution < 1.29 is 0 Å². The maximum absolute atomic E-state index is 6.15. The number of aromatic nitrogens is 4. The van der Waals surface area contributed by atoms with Crippen molar-refractivity contribution in [2.75, 3.05) is 5.32 Å². The Balaban J connectivity index is 1.66. The molecule has 2 heterocycles. The first-order valence-corrected chi connectivity index (χ1v) is 8.29. The van der Waals surface area contributed by atoms with Gasteiger partial charge in [0.15, 0.2) is 5.65 Å². The van der Waals surface area contributed by atoms with Gasteiger partial charge in [-0.05, 0) is 37.0 Å². The van der Waals surface area contributed by atoms with E-state index in [1.807, 2.05) is 12.1 Å². The molecular formula is C17H18ClN5. The van der Waals surface area contributed by atoms with Crippen molar-refractivity contribution >= 4 is 28.5 Å². The predicted octanol–water partition coefficient (Wildman–Crippen LogP) is 3.97. The summed E-state index contributed by atoms with van der Waals surface area (Å²) in [6, 6.07) is 8.12. The number of rotatable bonds is 4. The van der Waals surface area contributed by atoms with Gasteiger partial charge in [-0.1, -0.05) is 36.6 Å². The van der Waals surface area contributed by atoms with Gasteiger partial charge in [-0.25, -0.2) is 9.97 Å². The highest BCUT2D eigenvalue weighted by Crippen LogP contribution is 2.37. The maximum Gasteiger partial charge on any atom is 0.160 e. The van der Waals surface area contributed by atoms with Gasteiger partial charge in [0.1, 0.15) is 12.1 Å². The number of halogens is 1. The highest BCUT2D eigenvalue weighted by molar-refractivity contribution is 6.30. The molecule has 0 bridgehead atoms. The number of anilines is 1. The molecule has 0 atom stereocenters. The molecule has 5 nitrogen and oxygen atoms in total. The Morgan fingerprint density at radius 2 is 2.09 bits per heavy atom. The summed E-state index contributed by atoms with van der Waals surface area (Å²) in [5.41, 5.74) is 2.03. The minimum Gasteiger partial charge on any atom is -0.364 e. The van der Waals surface area contributed by atoms with Crippen LogP contribution < -0.4 is 5.32 Å². The quantitative estimate of drug-likeness (QED) is 0.760. The van der Waals surface area contributed by atoms with Gasteiger partial charge in [-0.3, -0.25) is 5.10 Å². The Morgan fingerprint density at radius 1 is 1.22 bits per heavy atom. The van der Waals surface area contributed by atoms with Crippen LogP contribution in [0.2, 0.25) is 5.02 Å². The maximum atomic E-state index is 6.15. The van der Waals surface area contributed by atoms with Gasteiger partial charge in [0.2, 0.25) is 0 Å². The van der Waals surface area contributed by atoms with Gasteiger partial charge in [0, 0.05) is 10.6 Å². The highest BCUT2D eigenvalue weighted by atomic mass is 35.5. The molecule has 0 unspecified atom stereocenters. The second-order valence-electron chi connectivity index (χ2n) is 6.27. The fourth-order valence-corrected chi connectivity index (χ4v) is 3.76. The van der Waals surface area contributed by atoms with Crippen molar-refractivity contribution in [2.45, 2.75) is 37.6 Å². The fourth-order valence-electron chi connectivity index (χ4n) is 3.55. The van der Waals surface area contributed by atoms with E-state index in [2.05, 4.69) is 37.6 Å². The van der Waals surface area contributed by atoms with Crippen molar-refractivity contribution in [2.24, 2.45) is 0 Å². The highest BCUT2D eigenvalue weighted by Gasteiger charge is 2.34. The molecule has 2 aromatic heterocycles. The van der Waals surface area contributed by atoms with E-state index in [1.165, 1.54) is 18.4 Å². The Labute approximate surface area is 139 Å². The monoisotopic (exact) mass is 327 g/mol. The lowest BCUT2D eigenvalue weighted by Crippen LogP contribution is -2.38. The van der Waals surface area contributed by atoms with E-state index in [-0.39, 0.29) is 5.54 Å². The van der Waals surface area contributed by atoms with Gasteiger partial charge < -0.3 is 5.32 Å². The number of hydrogen-bond acceptors (Lipinski definition) is 4. The molecule has 23 heavy (non-hydrogen) atoms. The zero-order valence-electron chi connectivity index (χ0n) is 12.7. The molecule has 4 rings (SSSR count). The number of benzene rings is 1. The summed E-state index contributed by atoms with van der Waals surface area (Å²) in [6.45, 7) is 0. The van der Waals surface area contributed by atoms with Crippen molar-refractivity contribution in [3.05, 3.63) is 47.4 Å². The molecule has 0 radical (unpaired) electrons. The summed E-state index contributed by atoms with van der Waals surface area (Å²) in [4.78, 5) is 8.65. The van der Waals surface area contributed by atoms with Crippen molar-refractivity contribution in [1.82, 2.24) is 20.2 Å². The minimum absolute atomic E-state index is 0.0171. The van der Waals surface area contributed by atoms with Crippen molar-refractivity contribution in [3.63, 3.8) is 0 Å². The van der Waals surface area contributed by atoms with Crippen LogP contribution in [0.15, 0.2) is 36.8 Å². The SMILES string of the molecule is Clc1cccc(CC2(Nc3ncnc4[nH]ncc34)CCCC2)c1. The Hall–Kier alpha value is -2.14. The molecule has 118 valence electrons. The second kappa shape index (κ2) is 5.81. The summed E-state index contributed by atoms with van der Waals surface area (Å²) >= 11 is 6.15. The van der Waals surface area contributed by atoms with Crippen LogP contribution in [-0.2, 0) is 6.42 Å². The topological polar surface area (TPSA) is 66.5 Å². The molecule has 3 aromatic rings. The lowest BCUT2D eigenvalue weighted by Gasteiger charge is -2.31. The first kappa shape index (κ1) is 14.5. The van der Waals surface area contributed by atoms with Crippen molar-refractivity contribution in [1.29, 1.82) is 0 Å². The lowest BCUT2D eigenvalue weighted by atomic mass is 9.89. The standard InChI is InChI=1S/C17H18ClN5/c18-13-5-3-4-12(8-13)9-17(6-1-2-7-17)22-15-14-10-21-23-16(14)20-11-19-15/h3-5,8,10-11H,1-2,6-7,9H2,(H2,19,20,21,22,23). The van der Waals surface area contributed by atoms with Crippen LogP contribution in [0.1, 0.15) is 31.2 Å². The van der Waals surface area contributed by atoms with Gasteiger partial charge in [0.05, 0.1) is 11.6 Å². The fraction of sp³-hybridized carbons (Fsp3) is 0.353. The number of fused-ring (bicyclic) bond motifs is 1. The normalized spacial score (nSPS) is 16.7. The summed E-state index contributed by atoms with van der Waals surface area (Å²) in [7, 11) is 0. The largest absolute Gasteiger partial charge is 0.364 e. The van der Waals surface area contributed by atoms with Gasteiger partial charge >= 0.3 is 0 Å². The third-order valence-electron chi connectivity index (χ3n) is 4.62. The number of nitrogens with one attached hydrogen (secondary N) is 2. The zero-order valence-corrected chi connectivity index (χ0v) is 13.5. The first-order valence-electron chi connectivity index (χ1n) is 7.91. The van der Waals surface area contributed by atoms with Crippen LogP contribution in [0.25, 0.3) is 11.0 Å². The second-order valence-corrected chi connectivity index (χ2v) is 6.71. The molecule has 1 aliphatic rings. The summed E-state index contributed by atoms with van der Waals surface area (Å²) < 4.78 is 0. The third kappa shape index (κ3) is 2.88. The van der Waals surface area contributed by atoms with Gasteiger partial charge in [-0.2, -0.15) is 5.10 Å². The third-order valence-corrected chi connectivity index (χ3v) is 4.86. The lowest BCUT2D eigenvalue weighted by molar-refractivity contribution is 0.477. The average molecular weight is 328 g/mol. The molecule has 1 saturated carbocycles. The van der Waals surface area contributed by atoms with Gasteiger partial charge in [0.25, 0.3) is 0 Å². The van der Waals surface area contributed by atoms with Gasteiger partial charge in [-0.15, -0.1) is 0 Å². The van der Waals surface area contributed by atoms with E-state index in [0.29, 0.717) is 0 Å². The Bertz CT molecular complexity index is 822. The molecule has 0 aliphatic heterocycles.